The molecule has 0 saturated heterocycles. The summed E-state index contributed by atoms with van der Waals surface area (Å²) >= 11 is 2.84. The van der Waals surface area contributed by atoms with Crippen LogP contribution < -0.4 is 0 Å². The molecule has 0 spiro atoms. The van der Waals surface area contributed by atoms with Crippen LogP contribution in [0.2, 0.25) is 0 Å². The summed E-state index contributed by atoms with van der Waals surface area (Å²) in [6.07, 6.45) is 7.41. The molecule has 1 aliphatic carbocycles. The second kappa shape index (κ2) is 5.11. The van der Waals surface area contributed by atoms with Crippen molar-refractivity contribution in [2.24, 2.45) is 0 Å². The quantitative estimate of drug-likeness (QED) is 0.531. The van der Waals surface area contributed by atoms with E-state index < -0.39 is 0 Å². The number of hydrogen-bond acceptors (Lipinski definition) is 0. The fourth-order valence-electron chi connectivity index (χ4n) is 0.412. The summed E-state index contributed by atoms with van der Waals surface area (Å²) in [4.78, 5) is 0. The first kappa shape index (κ1) is 10.9. The standard InChI is InChI=1S/C5H5.2FH.Rh/c1-2-4-5-3-1;;;/h1-3H,4H2;2*1H;. The van der Waals surface area contributed by atoms with E-state index in [2.05, 4.69) is 36.5 Å². The first-order valence-corrected chi connectivity index (χ1v) is 2.70. The van der Waals surface area contributed by atoms with E-state index >= 15 is 0 Å². The van der Waals surface area contributed by atoms with Crippen LogP contribution in [0.3, 0.4) is 0 Å². The molecule has 0 aliphatic heterocycles. The summed E-state index contributed by atoms with van der Waals surface area (Å²) in [5, 5.41) is 0. The van der Waals surface area contributed by atoms with Gasteiger partial charge >= 0.3 is 47.1 Å². The van der Waals surface area contributed by atoms with Crippen molar-refractivity contribution in [1.82, 2.24) is 0 Å². The molecule has 0 aromatic carbocycles. The van der Waals surface area contributed by atoms with Gasteiger partial charge in [-0.25, -0.2) is 0 Å². The predicted molar refractivity (Wildman–Crippen MR) is 26.8 cm³/mol. The fraction of sp³-hybridized carbons (Fsp3) is 0.200. The molecule has 0 heterocycles. The van der Waals surface area contributed by atoms with Crippen LogP contribution in [0.1, 0.15) is 6.42 Å². The Kier molecular flexibility index (Phi) is 6.93. The molecule has 0 atom stereocenters. The number of halogens is 2. The Balaban J connectivity index is 0. The van der Waals surface area contributed by atoms with E-state index in [0.29, 0.717) is 0 Å². The van der Waals surface area contributed by atoms with Crippen LogP contribution in [0.4, 0.5) is 9.41 Å². The van der Waals surface area contributed by atoms with Crippen molar-refractivity contribution in [2.75, 3.05) is 0 Å². The van der Waals surface area contributed by atoms with E-state index in [4.69, 9.17) is 0 Å². The van der Waals surface area contributed by atoms with Crippen LogP contribution in [-0.4, -0.2) is 0 Å². The van der Waals surface area contributed by atoms with E-state index in [9.17, 15) is 0 Å². The van der Waals surface area contributed by atoms with Crippen molar-refractivity contribution in [1.29, 1.82) is 0 Å². The van der Waals surface area contributed by atoms with Gasteiger partial charge in [-0.3, -0.25) is 9.41 Å². The Morgan fingerprint density at radius 3 is 2.12 bits per heavy atom. The van der Waals surface area contributed by atoms with E-state index in [1.54, 1.807) is 0 Å². The Morgan fingerprint density at radius 1 is 1.38 bits per heavy atom. The molecule has 50 valence electrons. The SMILES string of the molecule is F.F.[Rh][C]1=CC=CC1. The average Bonchev–Trinajstić information content (AvgIpc) is 1.86. The molecule has 1 rings (SSSR count). The maximum atomic E-state index is 2.84. The van der Waals surface area contributed by atoms with Gasteiger partial charge in [0.2, 0.25) is 0 Å². The third kappa shape index (κ3) is 3.03. The van der Waals surface area contributed by atoms with Gasteiger partial charge in [-0.2, -0.15) is 0 Å². The zero-order valence-electron chi connectivity index (χ0n) is 4.09. The third-order valence-electron chi connectivity index (χ3n) is 0.709. The van der Waals surface area contributed by atoms with Gasteiger partial charge in [0.25, 0.3) is 0 Å². The van der Waals surface area contributed by atoms with Crippen molar-refractivity contribution < 1.29 is 27.7 Å². The van der Waals surface area contributed by atoms with E-state index in [0.717, 1.165) is 6.42 Å². The molecule has 0 unspecified atom stereocenters. The molecule has 0 saturated carbocycles. The fourth-order valence-corrected chi connectivity index (χ4v) is 0.762. The molecule has 0 amide bonds. The summed E-state index contributed by atoms with van der Waals surface area (Å²) in [5.41, 5.74) is 0. The number of hydrogen-bond donors (Lipinski definition) is 0. The van der Waals surface area contributed by atoms with Crippen molar-refractivity contribution in [3.05, 3.63) is 22.4 Å². The van der Waals surface area contributed by atoms with Gasteiger partial charge in [0.05, 0.1) is 0 Å². The zero-order chi connectivity index (χ0) is 4.41. The van der Waals surface area contributed by atoms with Crippen LogP contribution in [0.15, 0.2) is 22.4 Å². The van der Waals surface area contributed by atoms with Crippen molar-refractivity contribution in [3.63, 3.8) is 0 Å². The van der Waals surface area contributed by atoms with E-state index in [1.165, 1.54) is 4.17 Å². The molecule has 0 aromatic rings. The average molecular weight is 208 g/mol. The third-order valence-corrected chi connectivity index (χ3v) is 1.32. The normalized spacial score (nSPS) is 14.0. The zero-order valence-corrected chi connectivity index (χ0v) is 5.73. The van der Waals surface area contributed by atoms with E-state index in [-0.39, 0.29) is 9.41 Å². The molecule has 0 radical (unpaired) electrons. The monoisotopic (exact) mass is 208 g/mol. The van der Waals surface area contributed by atoms with Crippen LogP contribution >= 0.6 is 0 Å². The minimum atomic E-state index is 0. The molecule has 0 N–H and O–H groups in total. The van der Waals surface area contributed by atoms with Crippen molar-refractivity contribution in [3.8, 4) is 0 Å². The topological polar surface area (TPSA) is 0 Å². The minimum absolute atomic E-state index is 0. The molecule has 0 bridgehead atoms. The Bertz CT molecular complexity index is 107. The molecule has 3 heteroatoms. The van der Waals surface area contributed by atoms with Crippen molar-refractivity contribution in [2.45, 2.75) is 6.42 Å². The Hall–Kier alpha value is -0.0366. The van der Waals surface area contributed by atoms with E-state index in [1.807, 2.05) is 0 Å². The van der Waals surface area contributed by atoms with Crippen LogP contribution in [-0.2, 0) is 18.3 Å². The van der Waals surface area contributed by atoms with Gasteiger partial charge in [0.1, 0.15) is 0 Å². The Labute approximate surface area is 57.1 Å². The second-order valence-electron chi connectivity index (χ2n) is 1.22. The predicted octanol–water partition coefficient (Wildman–Crippen LogP) is 1.68. The van der Waals surface area contributed by atoms with Gasteiger partial charge in [-0.05, 0) is 0 Å². The van der Waals surface area contributed by atoms with Crippen molar-refractivity contribution >= 4 is 0 Å². The summed E-state index contributed by atoms with van der Waals surface area (Å²) in [6.45, 7) is 0. The summed E-state index contributed by atoms with van der Waals surface area (Å²) in [5.74, 6) is 0. The molecular formula is C5H7F2Rh. The summed E-state index contributed by atoms with van der Waals surface area (Å²) in [7, 11) is 0. The molecule has 0 fully saturated rings. The van der Waals surface area contributed by atoms with Crippen LogP contribution in [0.25, 0.3) is 0 Å². The molecule has 0 nitrogen and oxygen atoms in total. The van der Waals surface area contributed by atoms with Gasteiger partial charge in [0, 0.05) is 0 Å². The molecule has 0 aromatic heterocycles. The molecule has 8 heavy (non-hydrogen) atoms. The first-order valence-electron chi connectivity index (χ1n) is 1.88. The van der Waals surface area contributed by atoms with Gasteiger partial charge in [0.15, 0.2) is 0 Å². The Morgan fingerprint density at radius 2 is 2.00 bits per heavy atom. The van der Waals surface area contributed by atoms with Gasteiger partial charge < -0.3 is 0 Å². The van der Waals surface area contributed by atoms with Crippen LogP contribution in [0.5, 0.6) is 0 Å². The van der Waals surface area contributed by atoms with Crippen LogP contribution in [0, 0.1) is 0 Å². The maximum absolute atomic E-state index is 2.84. The first-order chi connectivity index (χ1) is 2.89. The number of allylic oxidation sites excluding steroid dienone is 4. The number of rotatable bonds is 0. The van der Waals surface area contributed by atoms with Gasteiger partial charge in [-0.15, -0.1) is 0 Å². The summed E-state index contributed by atoms with van der Waals surface area (Å²) in [6, 6.07) is 0. The second-order valence-corrected chi connectivity index (χ2v) is 2.27. The molecule has 1 aliphatic rings. The molecular weight excluding hydrogens is 201 g/mol. The summed E-state index contributed by atoms with van der Waals surface area (Å²) < 4.78 is 1.36. The van der Waals surface area contributed by atoms with Gasteiger partial charge in [-0.1, -0.05) is 0 Å².